The number of carbonyl (C=O) groups is 1. The van der Waals surface area contributed by atoms with E-state index in [0.29, 0.717) is 0 Å². The normalized spacial score (nSPS) is 17.3. The smallest absolute Gasteiger partial charge is 0.244 e. The second-order valence-corrected chi connectivity index (χ2v) is 5.61. The summed E-state index contributed by atoms with van der Waals surface area (Å²) in [4.78, 5) is 14.2. The highest BCUT2D eigenvalue weighted by Crippen LogP contribution is 2.30. The van der Waals surface area contributed by atoms with Crippen LogP contribution in [-0.2, 0) is 4.79 Å². The molecule has 1 aromatic carbocycles. The van der Waals surface area contributed by atoms with Crippen LogP contribution in [0.1, 0.15) is 24.4 Å². The van der Waals surface area contributed by atoms with E-state index < -0.39 is 6.04 Å². The third-order valence-corrected chi connectivity index (χ3v) is 4.51. The molecule has 94 valence electrons. The highest BCUT2D eigenvalue weighted by Gasteiger charge is 2.26. The van der Waals surface area contributed by atoms with Crippen molar-refractivity contribution in [1.29, 1.82) is 0 Å². The van der Waals surface area contributed by atoms with Crippen LogP contribution >= 0.6 is 11.3 Å². The number of hydrogen-bond donors (Lipinski definition) is 1. The van der Waals surface area contributed by atoms with Crippen molar-refractivity contribution >= 4 is 27.3 Å². The molecule has 4 heteroatoms. The number of benzene rings is 1. The Labute approximate surface area is 110 Å². The summed E-state index contributed by atoms with van der Waals surface area (Å²) in [6.45, 7) is 1.71. The second kappa shape index (κ2) is 4.71. The molecule has 2 aromatic rings. The molecular formula is C14H16N2OS. The molecule has 18 heavy (non-hydrogen) atoms. The second-order valence-electron chi connectivity index (χ2n) is 4.70. The van der Waals surface area contributed by atoms with E-state index in [4.69, 9.17) is 5.73 Å². The Kier molecular flexibility index (Phi) is 3.06. The first-order valence-corrected chi connectivity index (χ1v) is 7.16. The van der Waals surface area contributed by atoms with Crippen LogP contribution in [0.3, 0.4) is 0 Å². The summed E-state index contributed by atoms with van der Waals surface area (Å²) in [5, 5.41) is 3.13. The fourth-order valence-electron chi connectivity index (χ4n) is 2.51. The zero-order chi connectivity index (χ0) is 12.5. The van der Waals surface area contributed by atoms with E-state index in [1.54, 1.807) is 11.3 Å². The topological polar surface area (TPSA) is 46.3 Å². The lowest BCUT2D eigenvalue weighted by molar-refractivity contribution is -0.131. The summed E-state index contributed by atoms with van der Waals surface area (Å²) in [6, 6.07) is 7.59. The Bertz CT molecular complexity index is 572. The van der Waals surface area contributed by atoms with Crippen LogP contribution in [0.5, 0.6) is 0 Å². The standard InChI is InChI=1S/C14H16N2OS/c15-13(14(17)16-7-3-4-8-16)11-9-18-12-6-2-1-5-10(11)12/h1-2,5-6,9,13H,3-4,7-8,15H2. The SMILES string of the molecule is NC(C(=O)N1CCCC1)c1csc2ccccc12. The fourth-order valence-corrected chi connectivity index (χ4v) is 3.50. The van der Waals surface area contributed by atoms with Crippen molar-refractivity contribution in [2.75, 3.05) is 13.1 Å². The van der Waals surface area contributed by atoms with Gasteiger partial charge in [-0.15, -0.1) is 11.3 Å². The van der Waals surface area contributed by atoms with Gasteiger partial charge >= 0.3 is 0 Å². The average Bonchev–Trinajstić information content (AvgIpc) is 3.06. The molecule has 1 saturated heterocycles. The number of carbonyl (C=O) groups excluding carboxylic acids is 1. The Hall–Kier alpha value is -1.39. The molecule has 3 nitrogen and oxygen atoms in total. The van der Waals surface area contributed by atoms with Gasteiger partial charge in [0.2, 0.25) is 5.91 Å². The van der Waals surface area contributed by atoms with Gasteiger partial charge < -0.3 is 10.6 Å². The highest BCUT2D eigenvalue weighted by atomic mass is 32.1. The molecule has 0 radical (unpaired) electrons. The van der Waals surface area contributed by atoms with Gasteiger partial charge in [0.1, 0.15) is 6.04 Å². The fraction of sp³-hybridized carbons (Fsp3) is 0.357. The molecule has 0 aliphatic carbocycles. The van der Waals surface area contributed by atoms with Gasteiger partial charge in [-0.1, -0.05) is 18.2 Å². The van der Waals surface area contributed by atoms with Crippen molar-refractivity contribution in [3.8, 4) is 0 Å². The Morgan fingerprint density at radius 3 is 2.78 bits per heavy atom. The van der Waals surface area contributed by atoms with Crippen molar-refractivity contribution in [1.82, 2.24) is 4.90 Å². The van der Waals surface area contributed by atoms with Gasteiger partial charge in [0.05, 0.1) is 0 Å². The number of nitrogens with two attached hydrogens (primary N) is 1. The average molecular weight is 260 g/mol. The van der Waals surface area contributed by atoms with E-state index in [1.165, 1.54) is 4.70 Å². The molecule has 2 heterocycles. The predicted molar refractivity (Wildman–Crippen MR) is 74.6 cm³/mol. The van der Waals surface area contributed by atoms with Crippen LogP contribution in [0.2, 0.25) is 0 Å². The van der Waals surface area contributed by atoms with E-state index in [9.17, 15) is 4.79 Å². The van der Waals surface area contributed by atoms with E-state index in [1.807, 2.05) is 28.5 Å². The Morgan fingerprint density at radius 1 is 1.28 bits per heavy atom. The van der Waals surface area contributed by atoms with Gasteiger partial charge in [0.15, 0.2) is 0 Å². The molecule has 1 aliphatic rings. The van der Waals surface area contributed by atoms with Gasteiger partial charge in [-0.05, 0) is 35.2 Å². The van der Waals surface area contributed by atoms with Crippen LogP contribution < -0.4 is 5.73 Å². The summed E-state index contributed by atoms with van der Waals surface area (Å²) < 4.78 is 1.19. The first-order valence-electron chi connectivity index (χ1n) is 6.28. The Morgan fingerprint density at radius 2 is 2.00 bits per heavy atom. The molecule has 1 fully saturated rings. The number of amides is 1. The minimum absolute atomic E-state index is 0.0658. The van der Waals surface area contributed by atoms with Gasteiger partial charge in [-0.25, -0.2) is 0 Å². The lowest BCUT2D eigenvalue weighted by Crippen LogP contribution is -2.36. The molecule has 0 spiro atoms. The number of nitrogens with zero attached hydrogens (tertiary/aromatic N) is 1. The van der Waals surface area contributed by atoms with Gasteiger partial charge in [0, 0.05) is 17.8 Å². The van der Waals surface area contributed by atoms with Crippen LogP contribution in [0.25, 0.3) is 10.1 Å². The van der Waals surface area contributed by atoms with Gasteiger partial charge in [-0.2, -0.15) is 0 Å². The zero-order valence-electron chi connectivity index (χ0n) is 10.1. The third-order valence-electron chi connectivity index (χ3n) is 3.53. The lowest BCUT2D eigenvalue weighted by Gasteiger charge is -2.20. The third kappa shape index (κ3) is 1.91. The minimum atomic E-state index is -0.515. The van der Waals surface area contributed by atoms with Crippen molar-refractivity contribution in [2.24, 2.45) is 5.73 Å². The molecule has 3 rings (SSSR count). The molecule has 1 amide bonds. The number of thiophene rings is 1. The van der Waals surface area contributed by atoms with E-state index in [2.05, 4.69) is 6.07 Å². The maximum atomic E-state index is 12.3. The number of hydrogen-bond acceptors (Lipinski definition) is 3. The molecule has 1 unspecified atom stereocenters. The highest BCUT2D eigenvalue weighted by molar-refractivity contribution is 7.17. The molecule has 1 aliphatic heterocycles. The van der Waals surface area contributed by atoms with Crippen LogP contribution in [0.15, 0.2) is 29.6 Å². The monoisotopic (exact) mass is 260 g/mol. The van der Waals surface area contributed by atoms with Gasteiger partial charge in [0.25, 0.3) is 0 Å². The minimum Gasteiger partial charge on any atom is -0.341 e. The molecule has 1 aromatic heterocycles. The van der Waals surface area contributed by atoms with Crippen molar-refractivity contribution in [2.45, 2.75) is 18.9 Å². The number of rotatable bonds is 2. The summed E-state index contributed by atoms with van der Waals surface area (Å²) in [7, 11) is 0. The number of likely N-dealkylation sites (tertiary alicyclic amines) is 1. The summed E-state index contributed by atoms with van der Waals surface area (Å²) >= 11 is 1.65. The summed E-state index contributed by atoms with van der Waals surface area (Å²) in [6.07, 6.45) is 2.20. The first-order chi connectivity index (χ1) is 8.77. The molecule has 2 N–H and O–H groups in total. The zero-order valence-corrected chi connectivity index (χ0v) is 11.0. The largest absolute Gasteiger partial charge is 0.341 e. The van der Waals surface area contributed by atoms with Crippen LogP contribution in [0.4, 0.5) is 0 Å². The van der Waals surface area contributed by atoms with E-state index in [-0.39, 0.29) is 5.91 Å². The van der Waals surface area contributed by atoms with Crippen LogP contribution in [-0.4, -0.2) is 23.9 Å². The molecular weight excluding hydrogens is 244 g/mol. The van der Waals surface area contributed by atoms with E-state index in [0.717, 1.165) is 36.9 Å². The first kappa shape index (κ1) is 11.7. The van der Waals surface area contributed by atoms with Crippen molar-refractivity contribution in [3.63, 3.8) is 0 Å². The lowest BCUT2D eigenvalue weighted by atomic mass is 10.1. The maximum absolute atomic E-state index is 12.3. The van der Waals surface area contributed by atoms with Gasteiger partial charge in [-0.3, -0.25) is 4.79 Å². The molecule has 0 saturated carbocycles. The van der Waals surface area contributed by atoms with E-state index >= 15 is 0 Å². The maximum Gasteiger partial charge on any atom is 0.244 e. The van der Waals surface area contributed by atoms with Crippen LogP contribution in [0, 0.1) is 0 Å². The van der Waals surface area contributed by atoms with Crippen molar-refractivity contribution in [3.05, 3.63) is 35.2 Å². The summed E-state index contributed by atoms with van der Waals surface area (Å²) in [5.74, 6) is 0.0658. The summed E-state index contributed by atoms with van der Waals surface area (Å²) in [5.41, 5.74) is 7.11. The number of fused-ring (bicyclic) bond motifs is 1. The quantitative estimate of drug-likeness (QED) is 0.902. The Balaban J connectivity index is 1.91. The molecule has 1 atom stereocenters. The predicted octanol–water partition coefficient (Wildman–Crippen LogP) is 2.52. The molecule has 0 bridgehead atoms. The van der Waals surface area contributed by atoms with Crippen molar-refractivity contribution < 1.29 is 4.79 Å².